The van der Waals surface area contributed by atoms with Gasteiger partial charge in [-0.15, -0.1) is 11.8 Å². The summed E-state index contributed by atoms with van der Waals surface area (Å²) in [7, 11) is 0. The lowest BCUT2D eigenvalue weighted by Crippen LogP contribution is -2.03. The van der Waals surface area contributed by atoms with Crippen molar-refractivity contribution in [1.82, 2.24) is 4.98 Å². The zero-order valence-corrected chi connectivity index (χ0v) is 10.1. The number of aromatic nitrogens is 1. The lowest BCUT2D eigenvalue weighted by Gasteiger charge is -2.09. The van der Waals surface area contributed by atoms with Crippen molar-refractivity contribution < 1.29 is 9.90 Å². The van der Waals surface area contributed by atoms with Gasteiger partial charge in [0.1, 0.15) is 0 Å². The summed E-state index contributed by atoms with van der Waals surface area (Å²) in [6, 6.07) is 3.47. The monoisotopic (exact) mass is 237 g/mol. The summed E-state index contributed by atoms with van der Waals surface area (Å²) in [5.74, 6) is -0.901. The number of aromatic carboxylic acids is 1. The molecular formula is C12H15NO2S. The van der Waals surface area contributed by atoms with Gasteiger partial charge in [-0.1, -0.05) is 12.8 Å². The maximum absolute atomic E-state index is 10.8. The van der Waals surface area contributed by atoms with Gasteiger partial charge in [0.15, 0.2) is 0 Å². The van der Waals surface area contributed by atoms with E-state index in [-0.39, 0.29) is 0 Å². The molecule has 0 spiro atoms. The minimum Gasteiger partial charge on any atom is -0.478 e. The molecule has 0 aromatic carbocycles. The Hall–Kier alpha value is -1.03. The minimum absolute atomic E-state index is 0.302. The van der Waals surface area contributed by atoms with E-state index in [0.29, 0.717) is 16.5 Å². The SMILES string of the molecule is Cc1nc(SC2CCCC2)ccc1C(=O)O. The fraction of sp³-hybridized carbons (Fsp3) is 0.500. The Labute approximate surface area is 99.3 Å². The third-order valence-electron chi connectivity index (χ3n) is 2.88. The first-order valence-electron chi connectivity index (χ1n) is 5.54. The number of carbonyl (C=O) groups is 1. The second-order valence-corrected chi connectivity index (χ2v) is 5.43. The zero-order chi connectivity index (χ0) is 11.5. The number of nitrogens with zero attached hydrogens (tertiary/aromatic N) is 1. The van der Waals surface area contributed by atoms with Crippen molar-refractivity contribution in [2.75, 3.05) is 0 Å². The normalized spacial score (nSPS) is 16.6. The average molecular weight is 237 g/mol. The number of carboxylic acids is 1. The molecular weight excluding hydrogens is 222 g/mol. The molecule has 0 radical (unpaired) electrons. The lowest BCUT2D eigenvalue weighted by atomic mass is 10.2. The average Bonchev–Trinajstić information content (AvgIpc) is 2.70. The van der Waals surface area contributed by atoms with Crippen LogP contribution < -0.4 is 0 Å². The summed E-state index contributed by atoms with van der Waals surface area (Å²) in [5, 5.41) is 10.5. The summed E-state index contributed by atoms with van der Waals surface area (Å²) in [6.45, 7) is 1.75. The van der Waals surface area contributed by atoms with Crippen LogP contribution in [0.4, 0.5) is 0 Å². The molecule has 0 saturated heterocycles. The third-order valence-corrected chi connectivity index (χ3v) is 4.15. The van der Waals surface area contributed by atoms with E-state index < -0.39 is 5.97 Å². The van der Waals surface area contributed by atoms with Gasteiger partial charge in [0.2, 0.25) is 0 Å². The van der Waals surface area contributed by atoms with Gasteiger partial charge in [-0.05, 0) is 31.9 Å². The van der Waals surface area contributed by atoms with E-state index in [1.54, 1.807) is 24.8 Å². The van der Waals surface area contributed by atoms with Gasteiger partial charge < -0.3 is 5.11 Å². The van der Waals surface area contributed by atoms with Crippen LogP contribution in [0.1, 0.15) is 41.7 Å². The highest BCUT2D eigenvalue weighted by Gasteiger charge is 2.17. The topological polar surface area (TPSA) is 50.2 Å². The first kappa shape index (κ1) is 11.5. The highest BCUT2D eigenvalue weighted by Crippen LogP contribution is 2.33. The smallest absolute Gasteiger partial charge is 0.337 e. The molecule has 1 aliphatic rings. The molecule has 16 heavy (non-hydrogen) atoms. The van der Waals surface area contributed by atoms with Crippen LogP contribution in [0.2, 0.25) is 0 Å². The molecule has 0 aliphatic heterocycles. The fourth-order valence-corrected chi connectivity index (χ4v) is 3.25. The molecule has 0 atom stereocenters. The predicted octanol–water partition coefficient (Wildman–Crippen LogP) is 3.12. The van der Waals surface area contributed by atoms with E-state index in [1.807, 2.05) is 6.07 Å². The standard InChI is InChI=1S/C12H15NO2S/c1-8-10(12(14)15)6-7-11(13-8)16-9-4-2-3-5-9/h6-7,9H,2-5H2,1H3,(H,14,15). The second-order valence-electron chi connectivity index (χ2n) is 4.11. The van der Waals surface area contributed by atoms with Crippen LogP contribution in [0.25, 0.3) is 0 Å². The van der Waals surface area contributed by atoms with Gasteiger partial charge in [-0.25, -0.2) is 9.78 Å². The summed E-state index contributed by atoms with van der Waals surface area (Å²) < 4.78 is 0. The molecule has 1 aliphatic carbocycles. The van der Waals surface area contributed by atoms with Crippen molar-refractivity contribution in [2.24, 2.45) is 0 Å². The molecule has 4 heteroatoms. The Kier molecular flexibility index (Phi) is 3.49. The first-order valence-corrected chi connectivity index (χ1v) is 6.42. The molecule has 3 nitrogen and oxygen atoms in total. The van der Waals surface area contributed by atoms with Crippen LogP contribution in [0.15, 0.2) is 17.2 Å². The van der Waals surface area contributed by atoms with Crippen molar-refractivity contribution in [3.8, 4) is 0 Å². The molecule has 0 bridgehead atoms. The fourth-order valence-electron chi connectivity index (χ4n) is 2.01. The quantitative estimate of drug-likeness (QED) is 0.877. The summed E-state index contributed by atoms with van der Waals surface area (Å²) in [6.07, 6.45) is 5.13. The second kappa shape index (κ2) is 4.87. The van der Waals surface area contributed by atoms with Gasteiger partial charge in [0, 0.05) is 5.25 Å². The van der Waals surface area contributed by atoms with E-state index >= 15 is 0 Å². The third kappa shape index (κ3) is 2.55. The van der Waals surface area contributed by atoms with Crippen LogP contribution in [0, 0.1) is 6.92 Å². The predicted molar refractivity (Wildman–Crippen MR) is 64.0 cm³/mol. The van der Waals surface area contributed by atoms with Gasteiger partial charge in [-0.2, -0.15) is 0 Å². The Morgan fingerprint density at radius 1 is 1.44 bits per heavy atom. The number of pyridine rings is 1. The van der Waals surface area contributed by atoms with Crippen molar-refractivity contribution in [2.45, 2.75) is 42.9 Å². The Morgan fingerprint density at radius 3 is 2.69 bits per heavy atom. The van der Waals surface area contributed by atoms with Gasteiger partial charge in [0.25, 0.3) is 0 Å². The number of thioether (sulfide) groups is 1. The molecule has 1 aromatic heterocycles. The van der Waals surface area contributed by atoms with E-state index in [2.05, 4.69) is 4.98 Å². The maximum Gasteiger partial charge on any atom is 0.337 e. The van der Waals surface area contributed by atoms with Gasteiger partial charge in [0.05, 0.1) is 16.3 Å². The largest absolute Gasteiger partial charge is 0.478 e. The molecule has 1 N–H and O–H groups in total. The number of aryl methyl sites for hydroxylation is 1. The molecule has 86 valence electrons. The summed E-state index contributed by atoms with van der Waals surface area (Å²) >= 11 is 1.78. The first-order chi connectivity index (χ1) is 7.66. The number of carboxylic acid groups (broad SMARTS) is 1. The zero-order valence-electron chi connectivity index (χ0n) is 9.27. The van der Waals surface area contributed by atoms with Crippen LogP contribution in [0.3, 0.4) is 0 Å². The van der Waals surface area contributed by atoms with Crippen molar-refractivity contribution in [3.63, 3.8) is 0 Å². The number of hydrogen-bond acceptors (Lipinski definition) is 3. The molecule has 1 fully saturated rings. The van der Waals surface area contributed by atoms with Crippen molar-refractivity contribution >= 4 is 17.7 Å². The number of rotatable bonds is 3. The van der Waals surface area contributed by atoms with E-state index in [0.717, 1.165) is 5.03 Å². The van der Waals surface area contributed by atoms with E-state index in [9.17, 15) is 4.79 Å². The van der Waals surface area contributed by atoms with Crippen LogP contribution >= 0.6 is 11.8 Å². The minimum atomic E-state index is -0.901. The van der Waals surface area contributed by atoms with Crippen LogP contribution in [-0.2, 0) is 0 Å². The Bertz CT molecular complexity index is 400. The van der Waals surface area contributed by atoms with Gasteiger partial charge in [-0.3, -0.25) is 0 Å². The van der Waals surface area contributed by atoms with Crippen molar-refractivity contribution in [3.05, 3.63) is 23.4 Å². The van der Waals surface area contributed by atoms with E-state index in [4.69, 9.17) is 5.11 Å². The summed E-state index contributed by atoms with van der Waals surface area (Å²) in [4.78, 5) is 15.2. The highest BCUT2D eigenvalue weighted by atomic mass is 32.2. The van der Waals surface area contributed by atoms with Crippen molar-refractivity contribution in [1.29, 1.82) is 0 Å². The summed E-state index contributed by atoms with van der Waals surface area (Å²) in [5.41, 5.74) is 0.909. The number of hydrogen-bond donors (Lipinski definition) is 1. The maximum atomic E-state index is 10.8. The van der Waals surface area contributed by atoms with E-state index in [1.165, 1.54) is 25.7 Å². The lowest BCUT2D eigenvalue weighted by molar-refractivity contribution is 0.0695. The molecule has 0 amide bonds. The van der Waals surface area contributed by atoms with Crippen LogP contribution in [0.5, 0.6) is 0 Å². The molecule has 2 rings (SSSR count). The molecule has 1 saturated carbocycles. The molecule has 1 heterocycles. The molecule has 0 unspecified atom stereocenters. The Morgan fingerprint density at radius 2 is 2.12 bits per heavy atom. The Balaban J connectivity index is 2.11. The highest BCUT2D eigenvalue weighted by molar-refractivity contribution is 7.99. The van der Waals surface area contributed by atoms with Crippen LogP contribution in [-0.4, -0.2) is 21.3 Å². The van der Waals surface area contributed by atoms with Gasteiger partial charge >= 0.3 is 5.97 Å². The molecule has 1 aromatic rings.